The molecule has 0 radical (unpaired) electrons. The second-order valence-corrected chi connectivity index (χ2v) is 12.6. The highest BCUT2D eigenvalue weighted by atomic mass is 19.4. The van der Waals surface area contributed by atoms with Crippen molar-refractivity contribution in [1.82, 2.24) is 5.32 Å². The second-order valence-electron chi connectivity index (χ2n) is 12.6. The largest absolute Gasteiger partial charge is 0.573 e. The van der Waals surface area contributed by atoms with Crippen molar-refractivity contribution in [2.45, 2.75) is 84.0 Å². The lowest BCUT2D eigenvalue weighted by molar-refractivity contribution is -0.274. The number of alkyl halides is 3. The molecule has 206 valence electrons. The molecule has 37 heavy (non-hydrogen) atoms. The van der Waals surface area contributed by atoms with Crippen LogP contribution >= 0.6 is 0 Å². The fourth-order valence-corrected chi connectivity index (χ4v) is 9.40. The topological polar surface area (TPSA) is 47.6 Å². The highest BCUT2D eigenvalue weighted by Gasteiger charge is 2.57. The highest BCUT2D eigenvalue weighted by Crippen LogP contribution is 2.64. The van der Waals surface area contributed by atoms with Gasteiger partial charge < -0.3 is 14.8 Å². The molecule has 0 spiro atoms. The number of carbonyl (C=O) groups is 1. The maximum Gasteiger partial charge on any atom is 0.573 e. The molecule has 1 amide bonds. The van der Waals surface area contributed by atoms with Crippen LogP contribution in [0.2, 0.25) is 0 Å². The standard InChI is InChI=1S/C30H42F3NO3/c1-18(34-28(35)20-5-8-22(9-6-20)37-30(31,32)33)26-12-13-27-25-11-7-21-16-19(17-36-3)4-10-23(21)24(25)14-15-29(26,27)2/h5-6,8-9,18-19,21,23-27H,4,7,10-17H2,1-3H3,(H,34,35)/t18-,19+,21-,23+,24?,25-,26?,27?,29-/m1/s1. The van der Waals surface area contributed by atoms with E-state index >= 15 is 0 Å². The van der Waals surface area contributed by atoms with E-state index in [1.165, 1.54) is 75.6 Å². The summed E-state index contributed by atoms with van der Waals surface area (Å²) in [5, 5.41) is 3.18. The first-order valence-corrected chi connectivity index (χ1v) is 14.2. The molecule has 1 N–H and O–H groups in total. The van der Waals surface area contributed by atoms with Crippen molar-refractivity contribution < 1.29 is 27.4 Å². The van der Waals surface area contributed by atoms with Gasteiger partial charge in [-0.3, -0.25) is 4.79 Å². The molecule has 4 saturated carbocycles. The van der Waals surface area contributed by atoms with E-state index < -0.39 is 6.36 Å². The fourth-order valence-electron chi connectivity index (χ4n) is 9.40. The zero-order valence-electron chi connectivity index (χ0n) is 22.4. The molecule has 5 rings (SSSR count). The Bertz CT molecular complexity index is 950. The normalized spacial score (nSPS) is 38.2. The Morgan fingerprint density at radius 2 is 1.76 bits per heavy atom. The Morgan fingerprint density at radius 1 is 1.03 bits per heavy atom. The SMILES string of the molecule is COC[C@H]1CC[C@@H]2C3CC[C@@]4(C)C(CCC4[C@@H](C)NC(=O)c4ccc(OC(F)(F)F)cc4)[C@@H]3CC[C@@H]2C1. The number of hydrogen-bond donors (Lipinski definition) is 1. The maximum atomic E-state index is 12.9. The third-order valence-corrected chi connectivity index (χ3v) is 10.9. The van der Waals surface area contributed by atoms with Crippen molar-refractivity contribution >= 4 is 5.91 Å². The van der Waals surface area contributed by atoms with Gasteiger partial charge in [-0.25, -0.2) is 0 Å². The molecular weight excluding hydrogens is 479 g/mol. The summed E-state index contributed by atoms with van der Waals surface area (Å²) >= 11 is 0. The van der Waals surface area contributed by atoms with Crippen molar-refractivity contribution in [1.29, 1.82) is 0 Å². The Morgan fingerprint density at radius 3 is 2.46 bits per heavy atom. The number of hydrogen-bond acceptors (Lipinski definition) is 3. The van der Waals surface area contributed by atoms with E-state index in [1.807, 2.05) is 7.11 Å². The van der Waals surface area contributed by atoms with E-state index in [2.05, 4.69) is 23.9 Å². The Kier molecular flexibility index (Phi) is 7.56. The van der Waals surface area contributed by atoms with Crippen molar-refractivity contribution in [3.63, 3.8) is 0 Å². The molecule has 0 heterocycles. The number of ether oxygens (including phenoxy) is 2. The van der Waals surface area contributed by atoms with Crippen molar-refractivity contribution in [2.24, 2.45) is 46.8 Å². The third kappa shape index (κ3) is 5.39. The molecule has 7 heteroatoms. The Labute approximate surface area is 219 Å². The van der Waals surface area contributed by atoms with E-state index in [0.29, 0.717) is 11.5 Å². The summed E-state index contributed by atoms with van der Waals surface area (Å²) in [6, 6.07) is 5.20. The molecule has 4 aliphatic carbocycles. The molecule has 0 aliphatic heterocycles. The summed E-state index contributed by atoms with van der Waals surface area (Å²) in [7, 11) is 1.83. The second kappa shape index (κ2) is 10.4. The van der Waals surface area contributed by atoms with Crippen LogP contribution in [-0.2, 0) is 4.74 Å². The first-order valence-electron chi connectivity index (χ1n) is 14.2. The summed E-state index contributed by atoms with van der Waals surface area (Å²) in [5.74, 6) is 4.78. The van der Waals surface area contributed by atoms with Gasteiger partial charge in [0, 0.05) is 25.3 Å². The quantitative estimate of drug-likeness (QED) is 0.429. The average molecular weight is 522 g/mol. The van der Waals surface area contributed by atoms with E-state index in [4.69, 9.17) is 4.74 Å². The van der Waals surface area contributed by atoms with Crippen LogP contribution in [0.3, 0.4) is 0 Å². The van der Waals surface area contributed by atoms with Gasteiger partial charge in [0.1, 0.15) is 5.75 Å². The molecule has 4 fully saturated rings. The lowest BCUT2D eigenvalue weighted by Crippen LogP contribution is -2.51. The van der Waals surface area contributed by atoms with Crippen LogP contribution in [-0.4, -0.2) is 32.0 Å². The van der Waals surface area contributed by atoms with Crippen molar-refractivity contribution in [3.05, 3.63) is 29.8 Å². The molecule has 3 unspecified atom stereocenters. The number of fused-ring (bicyclic) bond motifs is 5. The molecule has 0 aromatic heterocycles. The van der Waals surface area contributed by atoms with Crippen molar-refractivity contribution in [3.8, 4) is 5.75 Å². The third-order valence-electron chi connectivity index (χ3n) is 10.9. The minimum atomic E-state index is -4.74. The smallest absolute Gasteiger partial charge is 0.406 e. The molecule has 9 atom stereocenters. The summed E-state index contributed by atoms with van der Waals surface area (Å²) in [6.07, 6.45) is 6.93. The van der Waals surface area contributed by atoms with Crippen LogP contribution in [0.1, 0.15) is 82.0 Å². The van der Waals surface area contributed by atoms with Gasteiger partial charge in [-0.15, -0.1) is 13.2 Å². The number of halogens is 3. The van der Waals surface area contributed by atoms with Crippen LogP contribution in [0.25, 0.3) is 0 Å². The number of nitrogens with one attached hydrogen (secondary N) is 1. The molecule has 0 saturated heterocycles. The lowest BCUT2D eigenvalue weighted by Gasteiger charge is -2.56. The van der Waals surface area contributed by atoms with E-state index in [-0.39, 0.29) is 23.1 Å². The molecule has 4 nitrogen and oxygen atoms in total. The van der Waals surface area contributed by atoms with Crippen LogP contribution in [0.15, 0.2) is 24.3 Å². The predicted molar refractivity (Wildman–Crippen MR) is 136 cm³/mol. The molecule has 1 aromatic carbocycles. The van der Waals surface area contributed by atoms with Gasteiger partial charge in [0.05, 0.1) is 0 Å². The monoisotopic (exact) mass is 521 g/mol. The number of carbonyl (C=O) groups excluding carboxylic acids is 1. The average Bonchev–Trinajstić information content (AvgIpc) is 3.20. The van der Waals surface area contributed by atoms with E-state index in [9.17, 15) is 18.0 Å². The van der Waals surface area contributed by atoms with Gasteiger partial charge in [0.15, 0.2) is 0 Å². The van der Waals surface area contributed by atoms with Crippen molar-refractivity contribution in [2.75, 3.05) is 13.7 Å². The fraction of sp³-hybridized carbons (Fsp3) is 0.767. The molecule has 4 aliphatic rings. The first kappa shape index (κ1) is 26.8. The summed E-state index contributed by atoms with van der Waals surface area (Å²) in [4.78, 5) is 12.9. The van der Waals surface area contributed by atoms with Crippen LogP contribution in [0, 0.1) is 46.8 Å². The minimum Gasteiger partial charge on any atom is -0.406 e. The summed E-state index contributed by atoms with van der Waals surface area (Å²) < 4.78 is 46.7. The molecule has 0 bridgehead atoms. The van der Waals surface area contributed by atoms with Crippen LogP contribution in [0.5, 0.6) is 5.75 Å². The summed E-state index contributed by atoms with van der Waals surface area (Å²) in [5.41, 5.74) is 0.588. The van der Waals surface area contributed by atoms with Gasteiger partial charge in [0.2, 0.25) is 0 Å². The van der Waals surface area contributed by atoms with Gasteiger partial charge in [-0.2, -0.15) is 0 Å². The molecule has 1 aromatic rings. The summed E-state index contributed by atoms with van der Waals surface area (Å²) in [6.45, 7) is 5.49. The predicted octanol–water partition coefficient (Wildman–Crippen LogP) is 7.23. The van der Waals surface area contributed by atoms with Gasteiger partial charge in [0.25, 0.3) is 5.91 Å². The zero-order valence-corrected chi connectivity index (χ0v) is 22.4. The van der Waals surface area contributed by atoms with Gasteiger partial charge in [-0.1, -0.05) is 6.92 Å². The van der Waals surface area contributed by atoms with E-state index in [0.717, 1.165) is 48.5 Å². The van der Waals surface area contributed by atoms with Gasteiger partial charge in [-0.05, 0) is 136 Å². The maximum absolute atomic E-state index is 12.9. The Balaban J connectivity index is 1.21. The van der Waals surface area contributed by atoms with E-state index in [1.54, 1.807) is 0 Å². The highest BCUT2D eigenvalue weighted by molar-refractivity contribution is 5.94. The van der Waals surface area contributed by atoms with Crippen LogP contribution < -0.4 is 10.1 Å². The minimum absolute atomic E-state index is 0.0194. The zero-order chi connectivity index (χ0) is 26.4. The number of amides is 1. The number of rotatable bonds is 6. The molecular formula is C30H42F3NO3. The van der Waals surface area contributed by atoms with Gasteiger partial charge >= 0.3 is 6.36 Å². The first-order chi connectivity index (χ1) is 17.6. The van der Waals surface area contributed by atoms with Crippen LogP contribution in [0.4, 0.5) is 13.2 Å². The Hall–Kier alpha value is -1.76. The number of benzene rings is 1. The number of methoxy groups -OCH3 is 1. The lowest BCUT2D eigenvalue weighted by atomic mass is 9.49.